The summed E-state index contributed by atoms with van der Waals surface area (Å²) in [4.78, 5) is 15.2. The summed E-state index contributed by atoms with van der Waals surface area (Å²) in [5.41, 5.74) is 1.45. The summed E-state index contributed by atoms with van der Waals surface area (Å²) in [6.45, 7) is 5.60. The second kappa shape index (κ2) is 6.47. The van der Waals surface area contributed by atoms with E-state index in [1.807, 2.05) is 19.1 Å². The third kappa shape index (κ3) is 3.33. The van der Waals surface area contributed by atoms with Crippen LogP contribution in [0.3, 0.4) is 0 Å². The number of benzene rings is 1. The van der Waals surface area contributed by atoms with Crippen molar-refractivity contribution in [2.75, 3.05) is 0 Å². The van der Waals surface area contributed by atoms with Gasteiger partial charge in [0.05, 0.1) is 5.56 Å². The Morgan fingerprint density at radius 1 is 1.43 bits per heavy atom. The van der Waals surface area contributed by atoms with Crippen LogP contribution in [0, 0.1) is 0 Å². The summed E-state index contributed by atoms with van der Waals surface area (Å²) >= 11 is 0. The maximum absolute atomic E-state index is 11.0. The molecule has 2 rings (SSSR count). The van der Waals surface area contributed by atoms with Crippen molar-refractivity contribution in [3.8, 4) is 11.4 Å². The smallest absolute Gasteiger partial charge is 0.335 e. The van der Waals surface area contributed by atoms with Crippen molar-refractivity contribution in [3.05, 3.63) is 66.6 Å². The molecule has 106 valence electrons. The SMILES string of the molecule is C=C/C(=C\C=C/C)c1nc(-c2cccc(C(=O)O)c2)no1. The minimum atomic E-state index is -1.000. The van der Waals surface area contributed by atoms with E-state index in [1.54, 1.807) is 24.3 Å². The highest BCUT2D eigenvalue weighted by molar-refractivity contribution is 5.89. The van der Waals surface area contributed by atoms with E-state index in [0.717, 1.165) is 0 Å². The summed E-state index contributed by atoms with van der Waals surface area (Å²) in [7, 11) is 0. The van der Waals surface area contributed by atoms with E-state index in [9.17, 15) is 4.79 Å². The van der Waals surface area contributed by atoms with Crippen LogP contribution in [0.25, 0.3) is 17.0 Å². The molecule has 0 atom stereocenters. The largest absolute Gasteiger partial charge is 0.478 e. The second-order valence-corrected chi connectivity index (χ2v) is 4.16. The zero-order valence-electron chi connectivity index (χ0n) is 11.5. The first-order valence-corrected chi connectivity index (χ1v) is 6.29. The molecular weight excluding hydrogens is 268 g/mol. The van der Waals surface area contributed by atoms with E-state index in [2.05, 4.69) is 16.7 Å². The molecule has 0 amide bonds. The number of hydrogen-bond acceptors (Lipinski definition) is 4. The van der Waals surface area contributed by atoms with Crippen LogP contribution >= 0.6 is 0 Å². The van der Waals surface area contributed by atoms with Gasteiger partial charge in [0.1, 0.15) is 0 Å². The highest BCUT2D eigenvalue weighted by Gasteiger charge is 2.12. The molecule has 0 unspecified atom stereocenters. The van der Waals surface area contributed by atoms with Crippen LogP contribution in [0.4, 0.5) is 0 Å². The molecule has 1 aromatic carbocycles. The lowest BCUT2D eigenvalue weighted by Gasteiger charge is -1.96. The van der Waals surface area contributed by atoms with Crippen LogP contribution in [0.2, 0.25) is 0 Å². The highest BCUT2D eigenvalue weighted by atomic mass is 16.5. The zero-order chi connectivity index (χ0) is 15.2. The maximum Gasteiger partial charge on any atom is 0.335 e. The predicted molar refractivity (Wildman–Crippen MR) is 79.7 cm³/mol. The molecule has 2 aromatic rings. The normalized spacial score (nSPS) is 11.8. The molecule has 0 aliphatic rings. The molecular formula is C16H14N2O3. The van der Waals surface area contributed by atoms with Gasteiger partial charge in [0.15, 0.2) is 0 Å². The van der Waals surface area contributed by atoms with Crippen molar-refractivity contribution < 1.29 is 14.4 Å². The number of aromatic carboxylic acids is 1. The van der Waals surface area contributed by atoms with Gasteiger partial charge >= 0.3 is 5.97 Å². The van der Waals surface area contributed by atoms with E-state index in [-0.39, 0.29) is 5.56 Å². The van der Waals surface area contributed by atoms with E-state index in [4.69, 9.17) is 9.63 Å². The molecule has 0 radical (unpaired) electrons. The van der Waals surface area contributed by atoms with Crippen molar-refractivity contribution in [1.29, 1.82) is 0 Å². The first-order valence-electron chi connectivity index (χ1n) is 6.29. The Morgan fingerprint density at radius 2 is 2.24 bits per heavy atom. The third-order valence-corrected chi connectivity index (χ3v) is 2.73. The first kappa shape index (κ1) is 14.5. The number of carbonyl (C=O) groups is 1. The molecule has 1 N–H and O–H groups in total. The molecule has 5 nitrogen and oxygen atoms in total. The fourth-order valence-corrected chi connectivity index (χ4v) is 1.68. The highest BCUT2D eigenvalue weighted by Crippen LogP contribution is 2.21. The number of carboxylic acid groups (broad SMARTS) is 1. The fraction of sp³-hybridized carbons (Fsp3) is 0.0625. The minimum Gasteiger partial charge on any atom is -0.478 e. The van der Waals surface area contributed by atoms with Crippen molar-refractivity contribution in [3.63, 3.8) is 0 Å². The lowest BCUT2D eigenvalue weighted by atomic mass is 10.1. The summed E-state index contributed by atoms with van der Waals surface area (Å²) in [5.74, 6) is -0.333. The quantitative estimate of drug-likeness (QED) is 0.848. The molecule has 0 aliphatic heterocycles. The van der Waals surface area contributed by atoms with Crippen molar-refractivity contribution in [1.82, 2.24) is 10.1 Å². The Labute approximate surface area is 121 Å². The number of allylic oxidation sites excluding steroid dienone is 5. The number of nitrogens with zero attached hydrogens (tertiary/aromatic N) is 2. The number of aromatic nitrogens is 2. The van der Waals surface area contributed by atoms with Gasteiger partial charge in [-0.05, 0) is 25.1 Å². The van der Waals surface area contributed by atoms with Crippen molar-refractivity contribution in [2.45, 2.75) is 6.92 Å². The maximum atomic E-state index is 11.0. The molecule has 1 heterocycles. The molecule has 5 heteroatoms. The average Bonchev–Trinajstić information content (AvgIpc) is 2.98. The molecule has 0 bridgehead atoms. The summed E-state index contributed by atoms with van der Waals surface area (Å²) in [6, 6.07) is 6.37. The number of rotatable bonds is 5. The second-order valence-electron chi connectivity index (χ2n) is 4.16. The van der Waals surface area contributed by atoms with Gasteiger partial charge in [0.2, 0.25) is 5.82 Å². The number of carboxylic acids is 1. The monoisotopic (exact) mass is 282 g/mol. The first-order chi connectivity index (χ1) is 10.2. The number of hydrogen-bond donors (Lipinski definition) is 1. The van der Waals surface area contributed by atoms with Crippen LogP contribution < -0.4 is 0 Å². The molecule has 0 saturated carbocycles. The van der Waals surface area contributed by atoms with Gasteiger partial charge in [0, 0.05) is 11.1 Å². The van der Waals surface area contributed by atoms with Gasteiger partial charge < -0.3 is 9.63 Å². The van der Waals surface area contributed by atoms with E-state index in [0.29, 0.717) is 22.9 Å². The zero-order valence-corrected chi connectivity index (χ0v) is 11.5. The average molecular weight is 282 g/mol. The van der Waals surface area contributed by atoms with Crippen LogP contribution in [0.1, 0.15) is 23.2 Å². The minimum absolute atomic E-state index is 0.173. The third-order valence-electron chi connectivity index (χ3n) is 2.73. The molecule has 0 saturated heterocycles. The van der Waals surface area contributed by atoms with Gasteiger partial charge in [-0.15, -0.1) is 0 Å². The van der Waals surface area contributed by atoms with Crippen LogP contribution in [-0.2, 0) is 0 Å². The van der Waals surface area contributed by atoms with Gasteiger partial charge in [-0.2, -0.15) is 4.98 Å². The lowest BCUT2D eigenvalue weighted by molar-refractivity contribution is 0.0697. The van der Waals surface area contributed by atoms with Crippen LogP contribution in [0.5, 0.6) is 0 Å². The van der Waals surface area contributed by atoms with Gasteiger partial charge in [0.25, 0.3) is 5.89 Å². The molecule has 0 spiro atoms. The van der Waals surface area contributed by atoms with Crippen LogP contribution in [0.15, 0.2) is 59.7 Å². The topological polar surface area (TPSA) is 76.2 Å². The van der Waals surface area contributed by atoms with Gasteiger partial charge in [-0.3, -0.25) is 0 Å². The molecule has 0 aliphatic carbocycles. The Balaban J connectivity index is 2.37. The Morgan fingerprint density at radius 3 is 2.90 bits per heavy atom. The summed E-state index contributed by atoms with van der Waals surface area (Å²) < 4.78 is 5.19. The van der Waals surface area contributed by atoms with Crippen molar-refractivity contribution in [2.24, 2.45) is 0 Å². The van der Waals surface area contributed by atoms with Crippen LogP contribution in [-0.4, -0.2) is 21.2 Å². The standard InChI is InChI=1S/C16H14N2O3/c1-3-5-7-11(4-2)15-17-14(18-21-15)12-8-6-9-13(10-12)16(19)20/h3-10H,2H2,1H3,(H,19,20)/b5-3-,11-7+. The van der Waals surface area contributed by atoms with E-state index >= 15 is 0 Å². The Bertz CT molecular complexity index is 727. The van der Waals surface area contributed by atoms with Gasteiger partial charge in [-0.25, -0.2) is 4.79 Å². The Kier molecular flexibility index (Phi) is 4.46. The fourth-order valence-electron chi connectivity index (χ4n) is 1.68. The summed E-state index contributed by atoms with van der Waals surface area (Å²) in [6.07, 6.45) is 7.13. The summed E-state index contributed by atoms with van der Waals surface area (Å²) in [5, 5.41) is 12.9. The lowest BCUT2D eigenvalue weighted by Crippen LogP contribution is -1.96. The van der Waals surface area contributed by atoms with E-state index < -0.39 is 5.97 Å². The van der Waals surface area contributed by atoms with Crippen molar-refractivity contribution >= 4 is 11.5 Å². The van der Waals surface area contributed by atoms with Gasteiger partial charge in [-0.1, -0.05) is 42.1 Å². The predicted octanol–water partition coefficient (Wildman–Crippen LogP) is 3.58. The Hall–Kier alpha value is -2.95. The molecule has 1 aromatic heterocycles. The van der Waals surface area contributed by atoms with E-state index in [1.165, 1.54) is 12.1 Å². The molecule has 0 fully saturated rings. The molecule has 21 heavy (non-hydrogen) atoms.